The number of hydrogen-bond acceptors (Lipinski definition) is 3. The largest absolute Gasteiger partial charge is 0.493 e. The van der Waals surface area contributed by atoms with E-state index in [1.807, 2.05) is 37.4 Å². The first-order valence-electron chi connectivity index (χ1n) is 6.43. The fourth-order valence-corrected chi connectivity index (χ4v) is 2.53. The number of rotatable bonds is 6. The van der Waals surface area contributed by atoms with Gasteiger partial charge in [-0.3, -0.25) is 4.79 Å². The van der Waals surface area contributed by atoms with Gasteiger partial charge in [-0.2, -0.15) is 0 Å². The van der Waals surface area contributed by atoms with E-state index in [1.165, 1.54) is 16.9 Å². The summed E-state index contributed by atoms with van der Waals surface area (Å²) < 4.78 is 5.74. The molecule has 0 aliphatic rings. The lowest BCUT2D eigenvalue weighted by atomic mass is 10.1. The number of carbonyl (C=O) groups excluding carboxylic acids is 1. The number of benzene rings is 1. The number of Topliss-reactive ketones (excluding diaryl/α,β-unsaturated/α-hetero) is 1. The summed E-state index contributed by atoms with van der Waals surface area (Å²) in [5, 5.41) is 1.93. The van der Waals surface area contributed by atoms with Crippen molar-refractivity contribution >= 4 is 17.1 Å². The number of carbonyl (C=O) groups is 1. The van der Waals surface area contributed by atoms with Crippen LogP contribution in [0.4, 0.5) is 0 Å². The summed E-state index contributed by atoms with van der Waals surface area (Å²) in [5.74, 6) is 1.13. The molecular weight excluding hydrogens is 256 g/mol. The maximum absolute atomic E-state index is 11.8. The Kier molecular flexibility index (Phi) is 4.74. The van der Waals surface area contributed by atoms with Crippen molar-refractivity contribution in [3.8, 4) is 5.75 Å². The van der Waals surface area contributed by atoms with E-state index in [0.717, 1.165) is 22.6 Å². The molecule has 1 heterocycles. The van der Waals surface area contributed by atoms with E-state index < -0.39 is 0 Å². The Labute approximate surface area is 118 Å². The second-order valence-electron chi connectivity index (χ2n) is 4.62. The van der Waals surface area contributed by atoms with Gasteiger partial charge in [0, 0.05) is 6.42 Å². The van der Waals surface area contributed by atoms with Gasteiger partial charge in [0.05, 0.1) is 11.5 Å². The highest BCUT2D eigenvalue weighted by atomic mass is 32.1. The molecule has 0 N–H and O–H groups in total. The molecule has 2 aromatic rings. The minimum atomic E-state index is 0.208. The maximum Gasteiger partial charge on any atom is 0.172 e. The molecule has 0 aliphatic carbocycles. The number of hydrogen-bond donors (Lipinski definition) is 0. The van der Waals surface area contributed by atoms with Crippen LogP contribution >= 0.6 is 11.3 Å². The molecule has 0 fully saturated rings. The van der Waals surface area contributed by atoms with E-state index in [2.05, 4.69) is 12.1 Å². The fourth-order valence-electron chi connectivity index (χ4n) is 1.84. The molecule has 0 saturated heterocycles. The molecule has 0 spiro atoms. The maximum atomic E-state index is 11.8. The average molecular weight is 274 g/mol. The molecule has 2 rings (SSSR count). The van der Waals surface area contributed by atoms with Crippen LogP contribution in [-0.4, -0.2) is 12.4 Å². The minimum Gasteiger partial charge on any atom is -0.493 e. The molecule has 2 nitrogen and oxygen atoms in total. The first kappa shape index (κ1) is 13.8. The van der Waals surface area contributed by atoms with E-state index in [-0.39, 0.29) is 5.78 Å². The van der Waals surface area contributed by atoms with Crippen LogP contribution < -0.4 is 4.74 Å². The van der Waals surface area contributed by atoms with Gasteiger partial charge in [0.15, 0.2) is 5.78 Å². The molecule has 0 bridgehead atoms. The zero-order valence-electron chi connectivity index (χ0n) is 11.3. The molecule has 100 valence electrons. The van der Waals surface area contributed by atoms with Crippen LogP contribution in [0.1, 0.15) is 33.6 Å². The standard InChI is InChI=1S/C16H18O2S/c1-12-7-8-13(2)15(11-12)18-9-3-5-14(17)16-6-4-10-19-16/h4,6-8,10-11H,3,5,9H2,1-2H3. The molecule has 3 heteroatoms. The minimum absolute atomic E-state index is 0.208. The number of aryl methyl sites for hydroxylation is 2. The normalized spacial score (nSPS) is 10.4. The third-order valence-corrected chi connectivity index (χ3v) is 3.86. The van der Waals surface area contributed by atoms with Crippen LogP contribution in [0.3, 0.4) is 0 Å². The SMILES string of the molecule is Cc1ccc(C)c(OCCCC(=O)c2cccs2)c1. The summed E-state index contributed by atoms with van der Waals surface area (Å²) in [5.41, 5.74) is 2.32. The van der Waals surface area contributed by atoms with Crippen molar-refractivity contribution < 1.29 is 9.53 Å². The van der Waals surface area contributed by atoms with E-state index in [0.29, 0.717) is 13.0 Å². The van der Waals surface area contributed by atoms with Gasteiger partial charge >= 0.3 is 0 Å². The van der Waals surface area contributed by atoms with Crippen LogP contribution in [0.2, 0.25) is 0 Å². The summed E-state index contributed by atoms with van der Waals surface area (Å²) in [6.45, 7) is 4.67. The molecule has 0 aliphatic heterocycles. The molecule has 19 heavy (non-hydrogen) atoms. The van der Waals surface area contributed by atoms with Crippen LogP contribution in [0, 0.1) is 13.8 Å². The third-order valence-electron chi connectivity index (χ3n) is 2.95. The van der Waals surface area contributed by atoms with Gasteiger partial charge in [-0.25, -0.2) is 0 Å². The zero-order chi connectivity index (χ0) is 13.7. The summed E-state index contributed by atoms with van der Waals surface area (Å²) in [4.78, 5) is 12.6. The van der Waals surface area contributed by atoms with Crippen molar-refractivity contribution in [2.45, 2.75) is 26.7 Å². The highest BCUT2D eigenvalue weighted by Gasteiger charge is 2.06. The molecule has 0 radical (unpaired) electrons. The predicted octanol–water partition coefficient (Wildman–Crippen LogP) is 4.41. The van der Waals surface area contributed by atoms with Gasteiger partial charge in [0.2, 0.25) is 0 Å². The van der Waals surface area contributed by atoms with Crippen molar-refractivity contribution in [3.63, 3.8) is 0 Å². The van der Waals surface area contributed by atoms with Crippen molar-refractivity contribution in [1.82, 2.24) is 0 Å². The van der Waals surface area contributed by atoms with Crippen LogP contribution in [0.5, 0.6) is 5.75 Å². The molecule has 1 aromatic carbocycles. The Morgan fingerprint density at radius 2 is 2.11 bits per heavy atom. The lowest BCUT2D eigenvalue weighted by Gasteiger charge is -2.09. The topological polar surface area (TPSA) is 26.3 Å². The quantitative estimate of drug-likeness (QED) is 0.576. The number of thiophene rings is 1. The van der Waals surface area contributed by atoms with Crippen molar-refractivity contribution in [2.24, 2.45) is 0 Å². The van der Waals surface area contributed by atoms with Gasteiger partial charge in [0.1, 0.15) is 5.75 Å². The first-order valence-corrected chi connectivity index (χ1v) is 7.31. The Morgan fingerprint density at radius 3 is 2.84 bits per heavy atom. The second-order valence-corrected chi connectivity index (χ2v) is 5.57. The Morgan fingerprint density at radius 1 is 1.26 bits per heavy atom. The molecule has 0 atom stereocenters. The van der Waals surface area contributed by atoms with Gasteiger partial charge in [0.25, 0.3) is 0 Å². The van der Waals surface area contributed by atoms with Crippen LogP contribution in [-0.2, 0) is 0 Å². The molecular formula is C16H18O2S. The summed E-state index contributed by atoms with van der Waals surface area (Å²) in [6.07, 6.45) is 1.30. The van der Waals surface area contributed by atoms with E-state index >= 15 is 0 Å². The van der Waals surface area contributed by atoms with Crippen LogP contribution in [0.15, 0.2) is 35.7 Å². The van der Waals surface area contributed by atoms with Gasteiger partial charge in [-0.05, 0) is 48.9 Å². The predicted molar refractivity (Wildman–Crippen MR) is 79.3 cm³/mol. The van der Waals surface area contributed by atoms with E-state index in [9.17, 15) is 4.79 Å². The van der Waals surface area contributed by atoms with E-state index in [1.54, 1.807) is 0 Å². The van der Waals surface area contributed by atoms with E-state index in [4.69, 9.17) is 4.74 Å². The summed E-state index contributed by atoms with van der Waals surface area (Å²) >= 11 is 1.50. The van der Waals surface area contributed by atoms with Gasteiger partial charge in [-0.1, -0.05) is 18.2 Å². The third kappa shape index (κ3) is 3.93. The Balaban J connectivity index is 1.78. The van der Waals surface area contributed by atoms with Crippen molar-refractivity contribution in [1.29, 1.82) is 0 Å². The van der Waals surface area contributed by atoms with Gasteiger partial charge < -0.3 is 4.74 Å². The zero-order valence-corrected chi connectivity index (χ0v) is 12.1. The molecule has 1 aromatic heterocycles. The summed E-state index contributed by atoms with van der Waals surface area (Å²) in [6, 6.07) is 9.95. The van der Waals surface area contributed by atoms with Crippen molar-refractivity contribution in [3.05, 3.63) is 51.7 Å². The summed E-state index contributed by atoms with van der Waals surface area (Å²) in [7, 11) is 0. The first-order chi connectivity index (χ1) is 9.16. The monoisotopic (exact) mass is 274 g/mol. The number of ether oxygens (including phenoxy) is 1. The highest BCUT2D eigenvalue weighted by molar-refractivity contribution is 7.12. The van der Waals surface area contributed by atoms with Crippen molar-refractivity contribution in [2.75, 3.05) is 6.61 Å². The Bertz CT molecular complexity index is 544. The smallest absolute Gasteiger partial charge is 0.172 e. The average Bonchev–Trinajstić information content (AvgIpc) is 2.92. The number of ketones is 1. The lowest BCUT2D eigenvalue weighted by Crippen LogP contribution is -2.03. The molecule has 0 unspecified atom stereocenters. The van der Waals surface area contributed by atoms with Gasteiger partial charge in [-0.15, -0.1) is 11.3 Å². The van der Waals surface area contributed by atoms with Crippen LogP contribution in [0.25, 0.3) is 0 Å². The highest BCUT2D eigenvalue weighted by Crippen LogP contribution is 2.19. The fraction of sp³-hybridized carbons (Fsp3) is 0.312. The lowest BCUT2D eigenvalue weighted by molar-refractivity contribution is 0.0977. The second kappa shape index (κ2) is 6.53. The molecule has 0 saturated carbocycles. The molecule has 0 amide bonds. The Hall–Kier alpha value is -1.61.